The largest absolute Gasteiger partial charge is 0.376 e. The Labute approximate surface area is 122 Å². The van der Waals surface area contributed by atoms with Crippen molar-refractivity contribution in [2.75, 3.05) is 13.2 Å². The number of pyridine rings is 1. The fraction of sp³-hybridized carbons (Fsp3) is 0.333. The Balaban J connectivity index is 1.83. The Morgan fingerprint density at radius 3 is 3.10 bits per heavy atom. The lowest BCUT2D eigenvalue weighted by Gasteiger charge is -2.12. The Bertz CT molecular complexity index is 639. The van der Waals surface area contributed by atoms with Crippen molar-refractivity contribution in [2.24, 2.45) is 0 Å². The van der Waals surface area contributed by atoms with Crippen molar-refractivity contribution < 1.29 is 9.53 Å². The first-order chi connectivity index (χ1) is 9.74. The zero-order valence-corrected chi connectivity index (χ0v) is 11.7. The molecular weight excluding hydrogens is 276 g/mol. The number of nitrogens with zero attached hydrogens (tertiary/aromatic N) is 1. The number of benzene rings is 1. The van der Waals surface area contributed by atoms with Gasteiger partial charge in [-0.1, -0.05) is 29.8 Å². The molecule has 1 aromatic carbocycles. The van der Waals surface area contributed by atoms with Gasteiger partial charge in [0.25, 0.3) is 5.91 Å². The number of hydrogen-bond acceptors (Lipinski definition) is 3. The molecule has 0 bridgehead atoms. The van der Waals surface area contributed by atoms with Gasteiger partial charge in [0.05, 0.1) is 17.2 Å². The molecule has 1 aliphatic rings. The highest BCUT2D eigenvalue weighted by atomic mass is 35.5. The number of halogens is 1. The van der Waals surface area contributed by atoms with Gasteiger partial charge in [0, 0.05) is 18.5 Å². The quantitative estimate of drug-likeness (QED) is 0.885. The number of hydrogen-bond donors (Lipinski definition) is 1. The van der Waals surface area contributed by atoms with E-state index in [2.05, 4.69) is 10.3 Å². The normalized spacial score (nSPS) is 18.4. The summed E-state index contributed by atoms with van der Waals surface area (Å²) < 4.78 is 5.50. The summed E-state index contributed by atoms with van der Waals surface area (Å²) >= 11 is 5.98. The van der Waals surface area contributed by atoms with E-state index in [1.165, 1.54) is 0 Å². The fourth-order valence-corrected chi connectivity index (χ4v) is 2.64. The number of nitrogens with one attached hydrogen (secondary N) is 1. The molecule has 1 fully saturated rings. The van der Waals surface area contributed by atoms with Gasteiger partial charge >= 0.3 is 0 Å². The minimum atomic E-state index is -0.138. The summed E-state index contributed by atoms with van der Waals surface area (Å²) in [5.74, 6) is -0.138. The number of para-hydroxylation sites is 1. The molecule has 1 aliphatic heterocycles. The van der Waals surface area contributed by atoms with Crippen molar-refractivity contribution in [1.29, 1.82) is 0 Å². The van der Waals surface area contributed by atoms with E-state index in [9.17, 15) is 4.79 Å². The molecule has 1 amide bonds. The van der Waals surface area contributed by atoms with Crippen LogP contribution in [-0.2, 0) is 4.74 Å². The topological polar surface area (TPSA) is 51.2 Å². The van der Waals surface area contributed by atoms with Crippen molar-refractivity contribution in [3.63, 3.8) is 0 Å². The number of carbonyl (C=O) groups excluding carboxylic acids is 1. The molecule has 104 valence electrons. The SMILES string of the molecule is O=C(NCC1CCCO1)c1cc(Cl)nc2ccccc12. The van der Waals surface area contributed by atoms with Crippen LogP contribution < -0.4 is 5.32 Å². The maximum absolute atomic E-state index is 12.3. The van der Waals surface area contributed by atoms with Crippen LogP contribution in [0.1, 0.15) is 23.2 Å². The molecule has 0 radical (unpaired) electrons. The van der Waals surface area contributed by atoms with E-state index in [0.717, 1.165) is 30.4 Å². The molecule has 0 aliphatic carbocycles. The van der Waals surface area contributed by atoms with Crippen LogP contribution in [0, 0.1) is 0 Å². The van der Waals surface area contributed by atoms with Crippen molar-refractivity contribution in [3.05, 3.63) is 41.0 Å². The van der Waals surface area contributed by atoms with E-state index in [1.54, 1.807) is 6.07 Å². The first-order valence-electron chi connectivity index (χ1n) is 6.69. The van der Waals surface area contributed by atoms with Gasteiger partial charge in [-0.05, 0) is 25.0 Å². The molecular formula is C15H15ClN2O2. The van der Waals surface area contributed by atoms with Crippen LogP contribution in [0.3, 0.4) is 0 Å². The lowest BCUT2D eigenvalue weighted by Crippen LogP contribution is -2.31. The van der Waals surface area contributed by atoms with Gasteiger partial charge in [-0.15, -0.1) is 0 Å². The predicted molar refractivity (Wildman–Crippen MR) is 78.1 cm³/mol. The van der Waals surface area contributed by atoms with Crippen LogP contribution in [0.4, 0.5) is 0 Å². The molecule has 1 saturated heterocycles. The summed E-state index contributed by atoms with van der Waals surface area (Å²) in [6.07, 6.45) is 2.19. The molecule has 20 heavy (non-hydrogen) atoms. The Kier molecular flexibility index (Phi) is 3.85. The zero-order chi connectivity index (χ0) is 13.9. The summed E-state index contributed by atoms with van der Waals surface area (Å²) in [6, 6.07) is 9.08. The molecule has 1 atom stereocenters. The fourth-order valence-electron chi connectivity index (χ4n) is 2.44. The van der Waals surface area contributed by atoms with Gasteiger partial charge in [-0.3, -0.25) is 4.79 Å². The van der Waals surface area contributed by atoms with Crippen molar-refractivity contribution >= 4 is 28.4 Å². The van der Waals surface area contributed by atoms with Crippen LogP contribution in [0.15, 0.2) is 30.3 Å². The molecule has 1 N–H and O–H groups in total. The average Bonchev–Trinajstić information content (AvgIpc) is 2.97. The first-order valence-corrected chi connectivity index (χ1v) is 7.07. The van der Waals surface area contributed by atoms with Crippen LogP contribution in [0.2, 0.25) is 5.15 Å². The Morgan fingerprint density at radius 1 is 1.45 bits per heavy atom. The summed E-state index contributed by atoms with van der Waals surface area (Å²) in [5, 5.41) is 4.04. The third-order valence-corrected chi connectivity index (χ3v) is 3.64. The lowest BCUT2D eigenvalue weighted by molar-refractivity contribution is 0.0859. The second-order valence-electron chi connectivity index (χ2n) is 4.85. The summed E-state index contributed by atoms with van der Waals surface area (Å²) in [4.78, 5) is 16.5. The third kappa shape index (κ3) is 2.76. The Morgan fingerprint density at radius 2 is 2.30 bits per heavy atom. The van der Waals surface area contributed by atoms with Gasteiger partial charge < -0.3 is 10.1 Å². The molecule has 1 unspecified atom stereocenters. The molecule has 3 rings (SSSR count). The summed E-state index contributed by atoms with van der Waals surface area (Å²) in [7, 11) is 0. The average molecular weight is 291 g/mol. The minimum Gasteiger partial charge on any atom is -0.376 e. The molecule has 0 spiro atoms. The molecule has 2 aromatic rings. The molecule has 0 saturated carbocycles. The molecule has 4 nitrogen and oxygen atoms in total. The lowest BCUT2D eigenvalue weighted by atomic mass is 10.1. The molecule has 5 heteroatoms. The van der Waals surface area contributed by atoms with Crippen LogP contribution >= 0.6 is 11.6 Å². The van der Waals surface area contributed by atoms with Crippen LogP contribution in [0.5, 0.6) is 0 Å². The summed E-state index contributed by atoms with van der Waals surface area (Å²) in [6.45, 7) is 1.32. The second kappa shape index (κ2) is 5.77. The van der Waals surface area contributed by atoms with Crippen LogP contribution in [0.25, 0.3) is 10.9 Å². The predicted octanol–water partition coefficient (Wildman–Crippen LogP) is 2.80. The third-order valence-electron chi connectivity index (χ3n) is 3.44. The Hall–Kier alpha value is -1.65. The van der Waals surface area contributed by atoms with E-state index in [-0.39, 0.29) is 12.0 Å². The number of ether oxygens (including phenoxy) is 1. The molecule has 2 heterocycles. The first kappa shape index (κ1) is 13.3. The highest BCUT2D eigenvalue weighted by Gasteiger charge is 2.18. The van der Waals surface area contributed by atoms with E-state index in [1.807, 2.05) is 24.3 Å². The zero-order valence-electron chi connectivity index (χ0n) is 10.9. The van der Waals surface area contributed by atoms with Gasteiger partial charge in [0.2, 0.25) is 0 Å². The molecule has 1 aromatic heterocycles. The van der Waals surface area contributed by atoms with Gasteiger partial charge in [-0.2, -0.15) is 0 Å². The van der Waals surface area contributed by atoms with Crippen LogP contribution in [-0.4, -0.2) is 30.1 Å². The van der Waals surface area contributed by atoms with E-state index < -0.39 is 0 Å². The van der Waals surface area contributed by atoms with Crippen molar-refractivity contribution in [1.82, 2.24) is 10.3 Å². The smallest absolute Gasteiger partial charge is 0.252 e. The number of rotatable bonds is 3. The number of aromatic nitrogens is 1. The number of amides is 1. The van der Waals surface area contributed by atoms with Gasteiger partial charge in [0.15, 0.2) is 0 Å². The van der Waals surface area contributed by atoms with E-state index >= 15 is 0 Å². The van der Waals surface area contributed by atoms with E-state index in [4.69, 9.17) is 16.3 Å². The highest BCUT2D eigenvalue weighted by Crippen LogP contribution is 2.21. The number of carbonyl (C=O) groups is 1. The maximum atomic E-state index is 12.3. The highest BCUT2D eigenvalue weighted by molar-refractivity contribution is 6.30. The maximum Gasteiger partial charge on any atom is 0.252 e. The minimum absolute atomic E-state index is 0.127. The van der Waals surface area contributed by atoms with E-state index in [0.29, 0.717) is 17.3 Å². The summed E-state index contributed by atoms with van der Waals surface area (Å²) in [5.41, 5.74) is 1.28. The van der Waals surface area contributed by atoms with Crippen molar-refractivity contribution in [3.8, 4) is 0 Å². The van der Waals surface area contributed by atoms with Gasteiger partial charge in [0.1, 0.15) is 5.15 Å². The van der Waals surface area contributed by atoms with Gasteiger partial charge in [-0.25, -0.2) is 4.98 Å². The monoisotopic (exact) mass is 290 g/mol. The standard InChI is InChI=1S/C15H15ClN2O2/c16-14-8-12(11-5-1-2-6-13(11)18-14)15(19)17-9-10-4-3-7-20-10/h1-2,5-6,8,10H,3-4,7,9H2,(H,17,19). The van der Waals surface area contributed by atoms with Crippen molar-refractivity contribution in [2.45, 2.75) is 18.9 Å². The number of fused-ring (bicyclic) bond motifs is 1. The second-order valence-corrected chi connectivity index (χ2v) is 5.24.